The van der Waals surface area contributed by atoms with E-state index in [0.29, 0.717) is 34.7 Å². The van der Waals surface area contributed by atoms with E-state index in [2.05, 4.69) is 21.8 Å². The average Bonchev–Trinajstić information content (AvgIpc) is 3.10. The molecule has 0 N–H and O–H groups in total. The van der Waals surface area contributed by atoms with Gasteiger partial charge in [0.15, 0.2) is 22.5 Å². The largest absolute Gasteiger partial charge is 0.483 e. The Morgan fingerprint density at radius 3 is 2.79 bits per heavy atom. The van der Waals surface area contributed by atoms with Crippen LogP contribution >= 0.6 is 11.8 Å². The zero-order chi connectivity index (χ0) is 20.6. The molecular weight excluding hydrogens is 395 g/mol. The molecule has 9 heteroatoms. The van der Waals surface area contributed by atoms with Gasteiger partial charge >= 0.3 is 5.97 Å². The van der Waals surface area contributed by atoms with Crippen LogP contribution in [0.1, 0.15) is 23.1 Å². The Balaban J connectivity index is 1.73. The van der Waals surface area contributed by atoms with Crippen molar-refractivity contribution in [2.75, 3.05) is 6.61 Å². The minimum atomic E-state index is -0.442. The number of ether oxygens (including phenoxy) is 2. The number of hydrogen-bond acceptors (Lipinski definition) is 7. The van der Waals surface area contributed by atoms with E-state index in [1.165, 1.54) is 24.0 Å². The van der Waals surface area contributed by atoms with Crippen molar-refractivity contribution in [3.8, 4) is 5.75 Å². The molecule has 0 spiro atoms. The highest BCUT2D eigenvalue weighted by molar-refractivity contribution is 7.99. The standard InChI is InChI=1S/C20H19FN4O3S/c1-3-11-25-17(13-28-16-8-6-5-7-15(16)21)23-24-20(25)29-18-10-9-14(12-22-18)19(26)27-4-2/h3,5-10,12H,1,4,11,13H2,2H3. The van der Waals surface area contributed by atoms with Gasteiger partial charge < -0.3 is 9.47 Å². The summed E-state index contributed by atoms with van der Waals surface area (Å²) in [6.45, 7) is 6.30. The first-order valence-corrected chi connectivity index (χ1v) is 9.65. The minimum absolute atomic E-state index is 0.0531. The Hall–Kier alpha value is -3.20. The molecule has 0 amide bonds. The van der Waals surface area contributed by atoms with Gasteiger partial charge in [-0.1, -0.05) is 18.2 Å². The van der Waals surface area contributed by atoms with E-state index in [9.17, 15) is 9.18 Å². The van der Waals surface area contributed by atoms with Crippen molar-refractivity contribution in [2.45, 2.75) is 30.3 Å². The lowest BCUT2D eigenvalue weighted by Gasteiger charge is -2.09. The van der Waals surface area contributed by atoms with Crippen molar-refractivity contribution in [3.05, 3.63) is 72.5 Å². The third-order valence-electron chi connectivity index (χ3n) is 3.74. The molecule has 0 aliphatic heterocycles. The molecule has 150 valence electrons. The summed E-state index contributed by atoms with van der Waals surface area (Å²) in [6.07, 6.45) is 3.16. The van der Waals surface area contributed by atoms with Crippen LogP contribution in [0.25, 0.3) is 0 Å². The third-order valence-corrected chi connectivity index (χ3v) is 4.68. The number of pyridine rings is 1. The maximum Gasteiger partial charge on any atom is 0.339 e. The van der Waals surface area contributed by atoms with E-state index in [1.807, 2.05) is 0 Å². The van der Waals surface area contributed by atoms with Crippen molar-refractivity contribution >= 4 is 17.7 Å². The highest BCUT2D eigenvalue weighted by Gasteiger charge is 2.15. The van der Waals surface area contributed by atoms with Crippen molar-refractivity contribution in [1.29, 1.82) is 0 Å². The average molecular weight is 414 g/mol. The van der Waals surface area contributed by atoms with Crippen molar-refractivity contribution in [3.63, 3.8) is 0 Å². The van der Waals surface area contributed by atoms with E-state index in [4.69, 9.17) is 9.47 Å². The molecule has 0 saturated carbocycles. The lowest BCUT2D eigenvalue weighted by molar-refractivity contribution is 0.0525. The topological polar surface area (TPSA) is 79.1 Å². The summed E-state index contributed by atoms with van der Waals surface area (Å²) in [5.41, 5.74) is 0.378. The van der Waals surface area contributed by atoms with Gasteiger partial charge in [-0.25, -0.2) is 14.2 Å². The minimum Gasteiger partial charge on any atom is -0.483 e. The number of para-hydroxylation sites is 1. The first kappa shape index (κ1) is 20.5. The summed E-state index contributed by atoms with van der Waals surface area (Å²) >= 11 is 1.28. The predicted octanol–water partition coefficient (Wildman–Crippen LogP) is 3.91. The molecular formula is C20H19FN4O3S. The summed E-state index contributed by atoms with van der Waals surface area (Å²) in [7, 11) is 0. The van der Waals surface area contributed by atoms with Gasteiger partial charge in [-0.2, -0.15) is 0 Å². The van der Waals surface area contributed by atoms with Crippen molar-refractivity contribution in [2.24, 2.45) is 0 Å². The van der Waals surface area contributed by atoms with Crippen molar-refractivity contribution < 1.29 is 18.7 Å². The molecule has 0 aliphatic carbocycles. The molecule has 3 aromatic rings. The molecule has 7 nitrogen and oxygen atoms in total. The maximum atomic E-state index is 13.7. The SMILES string of the molecule is C=CCn1c(COc2ccccc2F)nnc1Sc1ccc(C(=O)OCC)cn1. The zero-order valence-corrected chi connectivity index (χ0v) is 16.6. The van der Waals surface area contributed by atoms with E-state index in [0.717, 1.165) is 0 Å². The van der Waals surface area contributed by atoms with Crippen LogP contribution in [-0.2, 0) is 17.9 Å². The van der Waals surface area contributed by atoms with Gasteiger partial charge in [-0.15, -0.1) is 16.8 Å². The number of esters is 1. The number of halogens is 1. The Bertz CT molecular complexity index is 992. The van der Waals surface area contributed by atoms with E-state index >= 15 is 0 Å². The molecule has 0 saturated heterocycles. The first-order valence-electron chi connectivity index (χ1n) is 8.83. The van der Waals surface area contributed by atoms with Crippen molar-refractivity contribution in [1.82, 2.24) is 19.7 Å². The lowest BCUT2D eigenvalue weighted by Crippen LogP contribution is -2.08. The lowest BCUT2D eigenvalue weighted by atomic mass is 10.3. The van der Waals surface area contributed by atoms with Gasteiger partial charge in [0.1, 0.15) is 11.6 Å². The summed E-state index contributed by atoms with van der Waals surface area (Å²) in [5, 5.41) is 9.53. The molecule has 0 fully saturated rings. The summed E-state index contributed by atoms with van der Waals surface area (Å²) in [6, 6.07) is 9.52. The van der Waals surface area contributed by atoms with Crippen LogP contribution in [0.4, 0.5) is 4.39 Å². The molecule has 0 atom stereocenters. The Morgan fingerprint density at radius 2 is 2.10 bits per heavy atom. The van der Waals surface area contributed by atoms with E-state index in [-0.39, 0.29) is 12.4 Å². The van der Waals surface area contributed by atoms with Gasteiger partial charge in [-0.05, 0) is 43.0 Å². The van der Waals surface area contributed by atoms with E-state index in [1.54, 1.807) is 47.9 Å². The molecule has 2 aromatic heterocycles. The Labute approximate surface area is 171 Å². The van der Waals surface area contributed by atoms with Crippen LogP contribution < -0.4 is 4.74 Å². The number of benzene rings is 1. The van der Waals surface area contributed by atoms with Gasteiger partial charge in [0, 0.05) is 12.7 Å². The molecule has 0 unspecified atom stereocenters. The van der Waals surface area contributed by atoms with Crippen LogP contribution in [0.2, 0.25) is 0 Å². The van der Waals surface area contributed by atoms with Gasteiger partial charge in [0.25, 0.3) is 0 Å². The number of allylic oxidation sites excluding steroid dienone is 1. The van der Waals surface area contributed by atoms with Gasteiger partial charge in [0.2, 0.25) is 0 Å². The first-order chi connectivity index (χ1) is 14.1. The predicted molar refractivity (Wildman–Crippen MR) is 105 cm³/mol. The highest BCUT2D eigenvalue weighted by Crippen LogP contribution is 2.26. The second-order valence-electron chi connectivity index (χ2n) is 5.72. The second kappa shape index (κ2) is 9.83. The molecule has 2 heterocycles. The summed E-state index contributed by atoms with van der Waals surface area (Å²) < 4.78 is 26.0. The summed E-state index contributed by atoms with van der Waals surface area (Å²) in [5.74, 6) is -0.188. The fraction of sp³-hybridized carbons (Fsp3) is 0.200. The van der Waals surface area contributed by atoms with Crippen LogP contribution in [0, 0.1) is 5.82 Å². The second-order valence-corrected chi connectivity index (χ2v) is 6.71. The molecule has 29 heavy (non-hydrogen) atoms. The quantitative estimate of drug-likeness (QED) is 0.388. The van der Waals surface area contributed by atoms with Gasteiger partial charge in [0.05, 0.1) is 12.2 Å². The number of nitrogens with zero attached hydrogens (tertiary/aromatic N) is 4. The Kier molecular flexibility index (Phi) is 6.96. The van der Waals surface area contributed by atoms with E-state index < -0.39 is 11.8 Å². The molecule has 1 aromatic carbocycles. The molecule has 0 aliphatic rings. The Morgan fingerprint density at radius 1 is 1.28 bits per heavy atom. The highest BCUT2D eigenvalue weighted by atomic mass is 32.2. The third kappa shape index (κ3) is 5.20. The number of carbonyl (C=O) groups is 1. The fourth-order valence-electron chi connectivity index (χ4n) is 2.39. The van der Waals surface area contributed by atoms with Crippen LogP contribution in [0.3, 0.4) is 0 Å². The molecule has 0 radical (unpaired) electrons. The number of carbonyl (C=O) groups excluding carboxylic acids is 1. The van der Waals surface area contributed by atoms with Gasteiger partial charge in [-0.3, -0.25) is 4.57 Å². The molecule has 0 bridgehead atoms. The van der Waals surface area contributed by atoms with Crippen LogP contribution in [0.5, 0.6) is 5.75 Å². The number of hydrogen-bond donors (Lipinski definition) is 0. The molecule has 3 rings (SSSR count). The number of aromatic nitrogens is 4. The maximum absolute atomic E-state index is 13.7. The normalized spacial score (nSPS) is 10.6. The van der Waals surface area contributed by atoms with Crippen LogP contribution in [-0.4, -0.2) is 32.3 Å². The zero-order valence-electron chi connectivity index (χ0n) is 15.7. The number of rotatable bonds is 9. The smallest absolute Gasteiger partial charge is 0.339 e. The summed E-state index contributed by atoms with van der Waals surface area (Å²) in [4.78, 5) is 16.0. The fourth-order valence-corrected chi connectivity index (χ4v) is 3.19. The monoisotopic (exact) mass is 414 g/mol. The van der Waals surface area contributed by atoms with Crippen LogP contribution in [0.15, 0.2) is 65.4 Å².